The Balaban J connectivity index is 0.00000218. The third-order valence-electron chi connectivity index (χ3n) is 4.96. The van der Waals surface area contributed by atoms with Crippen molar-refractivity contribution in [2.45, 2.75) is 6.42 Å². The van der Waals surface area contributed by atoms with E-state index in [0.29, 0.717) is 0 Å². The smallest absolute Gasteiger partial charge is 0.291 e. The second-order valence-corrected chi connectivity index (χ2v) is 6.94. The Hall–Kier alpha value is -3.09. The molecule has 2 nitrogen and oxygen atoms in total. The molecule has 0 spiro atoms. The van der Waals surface area contributed by atoms with Crippen LogP contribution in [-0.4, -0.2) is 9.97 Å². The van der Waals surface area contributed by atoms with Crippen LogP contribution in [0.5, 0.6) is 0 Å². The van der Waals surface area contributed by atoms with Crippen LogP contribution in [0, 0.1) is 12.1 Å². The Bertz CT molecular complexity index is 1280. The molecule has 5 rings (SSSR count). The number of aromatic nitrogens is 2. The zero-order valence-electron chi connectivity index (χ0n) is 16.2. The molecule has 3 aromatic carbocycles. The van der Waals surface area contributed by atoms with Crippen LogP contribution in [0.15, 0.2) is 97.2 Å². The predicted octanol–water partition coefficient (Wildman–Crippen LogP) is 6.15. The van der Waals surface area contributed by atoms with Gasteiger partial charge in [-0.25, -0.2) is 5.56 Å². The summed E-state index contributed by atoms with van der Waals surface area (Å²) in [5.41, 5.74) is 7.21. The van der Waals surface area contributed by atoms with E-state index in [1.807, 2.05) is 48.7 Å². The van der Waals surface area contributed by atoms with Gasteiger partial charge in [-0.05, 0) is 17.7 Å². The minimum Gasteiger partial charge on any atom is -0.291 e. The van der Waals surface area contributed by atoms with Gasteiger partial charge in [0.25, 0.3) is 0 Å². The van der Waals surface area contributed by atoms with Crippen LogP contribution < -0.4 is 0 Å². The number of hydrogen-bond donors (Lipinski definition) is 0. The van der Waals surface area contributed by atoms with Gasteiger partial charge in [-0.1, -0.05) is 36.4 Å². The van der Waals surface area contributed by atoms with Crippen molar-refractivity contribution in [3.8, 4) is 22.4 Å². The fourth-order valence-electron chi connectivity index (χ4n) is 3.57. The van der Waals surface area contributed by atoms with Crippen LogP contribution in [0.25, 0.3) is 33.3 Å². The first-order valence-corrected chi connectivity index (χ1v) is 9.65. The summed E-state index contributed by atoms with van der Waals surface area (Å²) in [4.78, 5) is 9.48. The SMILES string of the molecule is [Pt+2].[c-]1ccccc1-c1[c-]c(-c2cccc(Cc3cccc4cccnc34)n2)ccc1. The fourth-order valence-corrected chi connectivity index (χ4v) is 3.57. The summed E-state index contributed by atoms with van der Waals surface area (Å²) in [5, 5.41) is 1.15. The van der Waals surface area contributed by atoms with Crippen LogP contribution in [0.2, 0.25) is 0 Å². The minimum atomic E-state index is 0. The first kappa shape index (κ1) is 20.2. The van der Waals surface area contributed by atoms with Gasteiger partial charge in [0.1, 0.15) is 0 Å². The number of benzene rings is 3. The molecule has 0 aliphatic heterocycles. The van der Waals surface area contributed by atoms with Crippen molar-refractivity contribution >= 4 is 10.9 Å². The topological polar surface area (TPSA) is 25.8 Å². The minimum absolute atomic E-state index is 0. The molecule has 0 aliphatic carbocycles. The van der Waals surface area contributed by atoms with E-state index >= 15 is 0 Å². The summed E-state index contributed by atoms with van der Waals surface area (Å²) >= 11 is 0. The van der Waals surface area contributed by atoms with Gasteiger partial charge in [0.2, 0.25) is 0 Å². The van der Waals surface area contributed by atoms with Crippen molar-refractivity contribution in [2.75, 3.05) is 0 Å². The van der Waals surface area contributed by atoms with Crippen LogP contribution in [0.3, 0.4) is 0 Å². The van der Waals surface area contributed by atoms with E-state index in [9.17, 15) is 0 Å². The van der Waals surface area contributed by atoms with Gasteiger partial charge < -0.3 is 0 Å². The second kappa shape index (κ2) is 9.15. The van der Waals surface area contributed by atoms with E-state index in [-0.39, 0.29) is 21.1 Å². The zero-order valence-corrected chi connectivity index (χ0v) is 18.4. The molecular formula is C27H18N2Pt. The molecule has 0 amide bonds. The monoisotopic (exact) mass is 565 g/mol. The molecule has 0 aliphatic rings. The molecule has 0 bridgehead atoms. The van der Waals surface area contributed by atoms with Crippen molar-refractivity contribution in [1.82, 2.24) is 9.97 Å². The second-order valence-electron chi connectivity index (χ2n) is 6.94. The molecule has 5 aromatic rings. The Kier molecular flexibility index (Phi) is 6.16. The van der Waals surface area contributed by atoms with Gasteiger partial charge in [0, 0.05) is 29.4 Å². The maximum Gasteiger partial charge on any atom is 2.00 e. The number of para-hydroxylation sites is 1. The first-order chi connectivity index (χ1) is 14.4. The number of hydrogen-bond acceptors (Lipinski definition) is 2. The molecule has 0 saturated heterocycles. The molecule has 0 saturated carbocycles. The van der Waals surface area contributed by atoms with Crippen molar-refractivity contribution in [3.05, 3.63) is 121 Å². The molecule has 2 heterocycles. The summed E-state index contributed by atoms with van der Waals surface area (Å²) < 4.78 is 0. The Morgan fingerprint density at radius 2 is 1.50 bits per heavy atom. The summed E-state index contributed by atoms with van der Waals surface area (Å²) in [6.45, 7) is 0. The Morgan fingerprint density at radius 1 is 0.700 bits per heavy atom. The van der Waals surface area contributed by atoms with E-state index in [1.54, 1.807) is 0 Å². The fraction of sp³-hybridized carbons (Fsp3) is 0.0370. The van der Waals surface area contributed by atoms with E-state index in [2.05, 4.69) is 65.6 Å². The number of nitrogens with zero attached hydrogens (tertiary/aromatic N) is 2. The van der Waals surface area contributed by atoms with Gasteiger partial charge >= 0.3 is 21.1 Å². The molecule has 0 N–H and O–H groups in total. The molecule has 2 aromatic heterocycles. The Labute approximate surface area is 190 Å². The predicted molar refractivity (Wildman–Crippen MR) is 117 cm³/mol. The normalized spacial score (nSPS) is 10.5. The van der Waals surface area contributed by atoms with Gasteiger partial charge in [-0.2, -0.15) is 42.0 Å². The number of rotatable bonds is 4. The quantitative estimate of drug-likeness (QED) is 0.244. The molecular weight excluding hydrogens is 547 g/mol. The van der Waals surface area contributed by atoms with E-state index in [4.69, 9.17) is 4.98 Å². The maximum absolute atomic E-state index is 4.91. The number of pyridine rings is 2. The van der Waals surface area contributed by atoms with Crippen molar-refractivity contribution in [3.63, 3.8) is 0 Å². The third kappa shape index (κ3) is 4.25. The third-order valence-corrected chi connectivity index (χ3v) is 4.96. The average molecular weight is 566 g/mol. The summed E-state index contributed by atoms with van der Waals surface area (Å²) in [7, 11) is 0. The summed E-state index contributed by atoms with van der Waals surface area (Å²) in [6, 6.07) is 37.4. The van der Waals surface area contributed by atoms with Crippen molar-refractivity contribution < 1.29 is 21.1 Å². The van der Waals surface area contributed by atoms with Gasteiger partial charge in [0.05, 0.1) is 5.52 Å². The molecule has 30 heavy (non-hydrogen) atoms. The van der Waals surface area contributed by atoms with E-state index < -0.39 is 0 Å². The Morgan fingerprint density at radius 3 is 2.40 bits per heavy atom. The molecule has 0 unspecified atom stereocenters. The first-order valence-electron chi connectivity index (χ1n) is 9.65. The van der Waals surface area contributed by atoms with Crippen molar-refractivity contribution in [2.24, 2.45) is 0 Å². The molecule has 3 heteroatoms. The van der Waals surface area contributed by atoms with Crippen molar-refractivity contribution in [1.29, 1.82) is 0 Å². The zero-order chi connectivity index (χ0) is 19.5. The largest absolute Gasteiger partial charge is 2.00 e. The van der Waals surface area contributed by atoms with Crippen LogP contribution in [-0.2, 0) is 27.5 Å². The van der Waals surface area contributed by atoms with Crippen LogP contribution >= 0.6 is 0 Å². The summed E-state index contributed by atoms with van der Waals surface area (Å²) in [6.07, 6.45) is 2.59. The molecule has 0 fully saturated rings. The van der Waals surface area contributed by atoms with Gasteiger partial charge in [-0.3, -0.25) is 9.97 Å². The number of fused-ring (bicyclic) bond motifs is 1. The summed E-state index contributed by atoms with van der Waals surface area (Å²) in [5.74, 6) is 0. The maximum atomic E-state index is 4.91. The van der Waals surface area contributed by atoms with E-state index in [0.717, 1.165) is 45.4 Å². The van der Waals surface area contributed by atoms with Gasteiger partial charge in [0.15, 0.2) is 0 Å². The molecule has 0 radical (unpaired) electrons. The molecule has 0 atom stereocenters. The van der Waals surface area contributed by atoms with Crippen LogP contribution in [0.4, 0.5) is 0 Å². The standard InChI is InChI=1S/C27H18N2.Pt/c1-2-8-20(9-3-1)22-11-5-12-23(18-22)26-16-6-15-25(29-26)19-24-13-4-10-21-14-7-17-28-27(21)24;/h1-8,10-17H,19H2;/q-2;+2. The average Bonchev–Trinajstić information content (AvgIpc) is 2.80. The molecule has 146 valence electrons. The van der Waals surface area contributed by atoms with Crippen LogP contribution in [0.1, 0.15) is 11.3 Å². The van der Waals surface area contributed by atoms with Gasteiger partial charge in [-0.15, -0.1) is 23.8 Å². The van der Waals surface area contributed by atoms with E-state index in [1.165, 1.54) is 5.56 Å².